The molecule has 2 rings (SSSR count). The van der Waals surface area contributed by atoms with Crippen LogP contribution in [0.25, 0.3) is 0 Å². The Hall–Kier alpha value is -2.60. The van der Waals surface area contributed by atoms with Crippen LogP contribution >= 0.6 is 12.4 Å². The van der Waals surface area contributed by atoms with Crippen molar-refractivity contribution in [3.63, 3.8) is 0 Å². The van der Waals surface area contributed by atoms with Gasteiger partial charge in [0.2, 0.25) is 5.88 Å². The van der Waals surface area contributed by atoms with Crippen LogP contribution in [-0.2, 0) is 4.79 Å². The molecule has 0 saturated carbocycles. The lowest BCUT2D eigenvalue weighted by Gasteiger charge is -2.20. The summed E-state index contributed by atoms with van der Waals surface area (Å²) in [7, 11) is 0. The van der Waals surface area contributed by atoms with Crippen molar-refractivity contribution in [2.45, 2.75) is 6.42 Å². The van der Waals surface area contributed by atoms with Crippen molar-refractivity contribution in [2.75, 3.05) is 11.4 Å². The molecule has 1 aromatic heterocycles. The number of amides is 1. The van der Waals surface area contributed by atoms with Gasteiger partial charge in [-0.25, -0.2) is 9.78 Å². The van der Waals surface area contributed by atoms with E-state index in [0.29, 0.717) is 5.69 Å². The fourth-order valence-corrected chi connectivity index (χ4v) is 1.69. The van der Waals surface area contributed by atoms with E-state index in [1.165, 1.54) is 11.1 Å². The number of carbonyl (C=O) groups is 2. The Morgan fingerprint density at radius 2 is 1.77 bits per heavy atom. The molecule has 6 nitrogen and oxygen atoms in total. The highest BCUT2D eigenvalue weighted by Crippen LogP contribution is 2.16. The van der Waals surface area contributed by atoms with Gasteiger partial charge in [0, 0.05) is 24.5 Å². The fraction of sp³-hybridized carbons (Fsp3) is 0.133. The summed E-state index contributed by atoms with van der Waals surface area (Å²) in [6, 6.07) is 13.7. The molecule has 0 bridgehead atoms. The highest BCUT2D eigenvalue weighted by molar-refractivity contribution is 5.89. The number of ether oxygens (including phenoxy) is 1. The average Bonchev–Trinajstić information content (AvgIpc) is 2.49. The van der Waals surface area contributed by atoms with Crippen LogP contribution in [0.1, 0.15) is 6.42 Å². The number of anilines is 1. The molecule has 0 atom stereocenters. The van der Waals surface area contributed by atoms with E-state index in [-0.39, 0.29) is 31.3 Å². The van der Waals surface area contributed by atoms with E-state index >= 15 is 0 Å². The monoisotopic (exact) mass is 322 g/mol. The van der Waals surface area contributed by atoms with Crippen molar-refractivity contribution >= 4 is 30.2 Å². The topological polar surface area (TPSA) is 79.7 Å². The lowest BCUT2D eigenvalue weighted by atomic mass is 10.3. The third kappa shape index (κ3) is 5.06. The van der Waals surface area contributed by atoms with Gasteiger partial charge < -0.3 is 9.84 Å². The minimum absolute atomic E-state index is 0. The van der Waals surface area contributed by atoms with E-state index in [1.807, 2.05) is 6.07 Å². The molecule has 1 N–H and O–H groups in total. The maximum atomic E-state index is 12.2. The molecule has 1 amide bonds. The van der Waals surface area contributed by atoms with Crippen molar-refractivity contribution in [1.82, 2.24) is 4.98 Å². The summed E-state index contributed by atoms with van der Waals surface area (Å²) in [5, 5.41) is 8.79. The van der Waals surface area contributed by atoms with Gasteiger partial charge >= 0.3 is 12.1 Å². The zero-order chi connectivity index (χ0) is 15.1. The largest absolute Gasteiger partial charge is 0.481 e. The summed E-state index contributed by atoms with van der Waals surface area (Å²) in [6.07, 6.45) is 0.667. The molecule has 0 saturated heterocycles. The summed E-state index contributed by atoms with van der Waals surface area (Å²) in [4.78, 5) is 28.1. The predicted octanol–water partition coefficient (Wildman–Crippen LogP) is 2.98. The zero-order valence-corrected chi connectivity index (χ0v) is 12.4. The number of pyridine rings is 1. The van der Waals surface area contributed by atoms with Crippen LogP contribution in [0.4, 0.5) is 10.5 Å². The first-order valence-corrected chi connectivity index (χ1v) is 6.34. The normalized spacial score (nSPS) is 9.45. The van der Waals surface area contributed by atoms with E-state index in [4.69, 9.17) is 9.84 Å². The number of carboxylic acid groups (broad SMARTS) is 1. The van der Waals surface area contributed by atoms with Gasteiger partial charge in [0.25, 0.3) is 0 Å². The molecule has 7 heteroatoms. The molecule has 22 heavy (non-hydrogen) atoms. The minimum atomic E-state index is -0.985. The molecule has 0 fully saturated rings. The van der Waals surface area contributed by atoms with E-state index in [2.05, 4.69) is 4.98 Å². The third-order valence-corrected chi connectivity index (χ3v) is 2.67. The van der Waals surface area contributed by atoms with Crippen molar-refractivity contribution in [3.05, 3.63) is 54.7 Å². The molecule has 0 aliphatic rings. The predicted molar refractivity (Wildman–Crippen MR) is 83.5 cm³/mol. The lowest BCUT2D eigenvalue weighted by molar-refractivity contribution is -0.136. The summed E-state index contributed by atoms with van der Waals surface area (Å²) in [6.45, 7) is 0.0189. The first-order valence-electron chi connectivity index (χ1n) is 6.34. The van der Waals surface area contributed by atoms with Crippen molar-refractivity contribution in [3.8, 4) is 5.88 Å². The molecule has 1 heterocycles. The molecule has 0 aliphatic carbocycles. The number of aliphatic carboxylic acids is 1. The molecule has 2 aromatic rings. The number of hydrogen-bond donors (Lipinski definition) is 1. The molecule has 0 aliphatic heterocycles. The molecule has 0 unspecified atom stereocenters. The van der Waals surface area contributed by atoms with E-state index in [0.717, 1.165) is 0 Å². The summed E-state index contributed by atoms with van der Waals surface area (Å²) < 4.78 is 5.15. The van der Waals surface area contributed by atoms with Crippen molar-refractivity contribution in [2.24, 2.45) is 0 Å². The number of carbonyl (C=O) groups excluding carboxylic acids is 1. The quantitative estimate of drug-likeness (QED) is 0.915. The Kier molecular flexibility index (Phi) is 6.85. The minimum Gasteiger partial charge on any atom is -0.481 e. The summed E-state index contributed by atoms with van der Waals surface area (Å²) in [5.74, 6) is -0.819. The smallest absolute Gasteiger partial charge is 0.421 e. The van der Waals surface area contributed by atoms with E-state index in [1.54, 1.807) is 42.5 Å². The zero-order valence-electron chi connectivity index (χ0n) is 11.6. The van der Waals surface area contributed by atoms with Gasteiger partial charge in [0.1, 0.15) is 0 Å². The van der Waals surface area contributed by atoms with Crippen LogP contribution in [0.2, 0.25) is 0 Å². The molecular formula is C15H15ClN2O4. The van der Waals surface area contributed by atoms with Crippen LogP contribution in [-0.4, -0.2) is 28.7 Å². The van der Waals surface area contributed by atoms with Crippen LogP contribution in [0.3, 0.4) is 0 Å². The number of hydrogen-bond acceptors (Lipinski definition) is 4. The van der Waals surface area contributed by atoms with Gasteiger partial charge in [-0.3, -0.25) is 9.69 Å². The van der Waals surface area contributed by atoms with Crippen LogP contribution in [0.15, 0.2) is 54.7 Å². The number of aromatic nitrogens is 1. The van der Waals surface area contributed by atoms with Gasteiger partial charge in [-0.05, 0) is 18.2 Å². The lowest BCUT2D eigenvalue weighted by Crippen LogP contribution is -2.35. The van der Waals surface area contributed by atoms with E-state index in [9.17, 15) is 9.59 Å². The Morgan fingerprint density at radius 3 is 2.36 bits per heavy atom. The molecular weight excluding hydrogens is 308 g/mol. The SMILES string of the molecule is Cl.O=C(O)CCN(C(=O)Oc1ccccn1)c1ccccc1. The Morgan fingerprint density at radius 1 is 1.09 bits per heavy atom. The molecule has 0 spiro atoms. The number of para-hydroxylation sites is 1. The highest BCUT2D eigenvalue weighted by atomic mass is 35.5. The highest BCUT2D eigenvalue weighted by Gasteiger charge is 2.19. The van der Waals surface area contributed by atoms with Crippen molar-refractivity contribution in [1.29, 1.82) is 0 Å². The van der Waals surface area contributed by atoms with E-state index < -0.39 is 12.1 Å². The number of rotatable bonds is 5. The number of halogens is 1. The number of nitrogens with zero attached hydrogens (tertiary/aromatic N) is 2. The summed E-state index contributed by atoms with van der Waals surface area (Å²) >= 11 is 0. The maximum Gasteiger partial charge on any atom is 0.421 e. The van der Waals surface area contributed by atoms with Gasteiger partial charge in [-0.2, -0.15) is 0 Å². The molecule has 116 valence electrons. The number of carboxylic acids is 1. The molecule has 1 aromatic carbocycles. The molecule has 0 radical (unpaired) electrons. The number of benzene rings is 1. The summed E-state index contributed by atoms with van der Waals surface area (Å²) in [5.41, 5.74) is 0.569. The second-order valence-electron chi connectivity index (χ2n) is 4.17. The Bertz CT molecular complexity index is 607. The van der Waals surface area contributed by atoms with Crippen LogP contribution < -0.4 is 9.64 Å². The first kappa shape index (κ1) is 17.5. The standard InChI is InChI=1S/C15H14N2O4.ClH/c18-14(19)9-11-17(12-6-2-1-3-7-12)15(20)21-13-8-4-5-10-16-13;/h1-8,10H,9,11H2,(H,18,19);1H. The second-order valence-corrected chi connectivity index (χ2v) is 4.17. The maximum absolute atomic E-state index is 12.2. The van der Waals surface area contributed by atoms with Gasteiger partial charge in [0.15, 0.2) is 0 Å². The van der Waals surface area contributed by atoms with Crippen LogP contribution in [0, 0.1) is 0 Å². The second kappa shape index (κ2) is 8.63. The van der Waals surface area contributed by atoms with Gasteiger partial charge in [-0.1, -0.05) is 24.3 Å². The average molecular weight is 323 g/mol. The van der Waals surface area contributed by atoms with Gasteiger partial charge in [-0.15, -0.1) is 12.4 Å². The Balaban J connectivity index is 0.00000242. The Labute approximate surface area is 133 Å². The van der Waals surface area contributed by atoms with Crippen molar-refractivity contribution < 1.29 is 19.4 Å². The van der Waals surface area contributed by atoms with Crippen LogP contribution in [0.5, 0.6) is 5.88 Å². The van der Waals surface area contributed by atoms with Gasteiger partial charge in [0.05, 0.1) is 6.42 Å². The fourth-order valence-electron chi connectivity index (χ4n) is 1.69. The third-order valence-electron chi connectivity index (χ3n) is 2.67. The first-order chi connectivity index (χ1) is 10.2.